The summed E-state index contributed by atoms with van der Waals surface area (Å²) in [6.07, 6.45) is 1.98. The normalized spacial score (nSPS) is 11.4. The van der Waals surface area contributed by atoms with Gasteiger partial charge in [0.25, 0.3) is 0 Å². The fraction of sp³-hybridized carbons (Fsp3) is 0.333. The lowest BCUT2D eigenvalue weighted by Crippen LogP contribution is -2.06. The van der Waals surface area contributed by atoms with Gasteiger partial charge in [0.05, 0.1) is 18.2 Å². The van der Waals surface area contributed by atoms with Gasteiger partial charge in [-0.2, -0.15) is 0 Å². The second-order valence-electron chi connectivity index (χ2n) is 5.21. The second kappa shape index (κ2) is 5.37. The Labute approximate surface area is 127 Å². The zero-order valence-corrected chi connectivity index (χ0v) is 13.1. The summed E-state index contributed by atoms with van der Waals surface area (Å²) in [6.45, 7) is 6.67. The van der Waals surface area contributed by atoms with Crippen LogP contribution in [0, 0.1) is 6.92 Å². The van der Waals surface area contributed by atoms with E-state index in [1.54, 1.807) is 11.3 Å². The highest BCUT2D eigenvalue weighted by atomic mass is 32.1. The van der Waals surface area contributed by atoms with Crippen molar-refractivity contribution in [2.24, 2.45) is 0 Å². The van der Waals surface area contributed by atoms with E-state index in [-0.39, 0.29) is 6.10 Å². The van der Waals surface area contributed by atoms with E-state index in [1.807, 2.05) is 49.7 Å². The minimum Gasteiger partial charge on any atom is -0.489 e. The lowest BCUT2D eigenvalue weighted by Gasteiger charge is -2.10. The van der Waals surface area contributed by atoms with Crippen molar-refractivity contribution in [1.82, 2.24) is 14.5 Å². The van der Waals surface area contributed by atoms with Crippen molar-refractivity contribution in [3.63, 3.8) is 0 Å². The maximum absolute atomic E-state index is 6.08. The zero-order valence-electron chi connectivity index (χ0n) is 12.3. The average Bonchev–Trinajstić information content (AvgIpc) is 2.96. The molecule has 0 spiro atoms. The number of para-hydroxylation sites is 1. The Kier molecular flexibility index (Phi) is 3.55. The number of hydrogen-bond donors (Lipinski definition) is 1. The lowest BCUT2D eigenvalue weighted by atomic mass is 10.3. The van der Waals surface area contributed by atoms with Gasteiger partial charge in [0.1, 0.15) is 16.3 Å². The van der Waals surface area contributed by atoms with E-state index in [0.29, 0.717) is 12.5 Å². The molecule has 3 aromatic rings. The molecule has 2 heterocycles. The third-order valence-corrected chi connectivity index (χ3v) is 3.99. The van der Waals surface area contributed by atoms with Gasteiger partial charge in [-0.15, -0.1) is 11.3 Å². The molecular weight excluding hydrogens is 284 g/mol. The van der Waals surface area contributed by atoms with Gasteiger partial charge in [0, 0.05) is 11.1 Å². The van der Waals surface area contributed by atoms with Gasteiger partial charge in [-0.25, -0.2) is 9.97 Å². The van der Waals surface area contributed by atoms with Crippen LogP contribution in [0.25, 0.3) is 11.0 Å². The maximum Gasteiger partial charge on any atom is 0.201 e. The minimum atomic E-state index is 0.101. The van der Waals surface area contributed by atoms with E-state index in [2.05, 4.69) is 9.97 Å². The van der Waals surface area contributed by atoms with Crippen molar-refractivity contribution < 1.29 is 4.74 Å². The van der Waals surface area contributed by atoms with Crippen molar-refractivity contribution in [2.45, 2.75) is 33.4 Å². The summed E-state index contributed by atoms with van der Waals surface area (Å²) in [4.78, 5) is 10.0. The van der Waals surface area contributed by atoms with Crippen molar-refractivity contribution in [3.05, 3.63) is 34.3 Å². The molecule has 0 saturated carbocycles. The second-order valence-corrected chi connectivity index (χ2v) is 6.53. The number of imidazole rings is 1. The SMILES string of the molecule is Cc1cnc(Cn2c(N)nc3c(OC(C)C)cccc32)s1. The van der Waals surface area contributed by atoms with Crippen LogP contribution in [0.3, 0.4) is 0 Å². The molecule has 3 rings (SSSR count). The molecule has 2 N–H and O–H groups in total. The molecule has 0 saturated heterocycles. The summed E-state index contributed by atoms with van der Waals surface area (Å²) in [5, 5.41) is 1.02. The number of anilines is 1. The Morgan fingerprint density at radius 2 is 2.19 bits per heavy atom. The van der Waals surface area contributed by atoms with Gasteiger partial charge in [0.15, 0.2) is 0 Å². The quantitative estimate of drug-likeness (QED) is 0.803. The fourth-order valence-electron chi connectivity index (χ4n) is 2.26. The molecule has 2 aromatic heterocycles. The fourth-order valence-corrected chi connectivity index (χ4v) is 3.04. The first kappa shape index (κ1) is 13.9. The van der Waals surface area contributed by atoms with Gasteiger partial charge >= 0.3 is 0 Å². The summed E-state index contributed by atoms with van der Waals surface area (Å²) in [5.41, 5.74) is 7.85. The number of rotatable bonds is 4. The number of nitrogens with two attached hydrogens (primary N) is 1. The number of hydrogen-bond acceptors (Lipinski definition) is 5. The van der Waals surface area contributed by atoms with Gasteiger partial charge in [-0.3, -0.25) is 0 Å². The number of ether oxygens (including phenoxy) is 1. The molecule has 0 aliphatic rings. The van der Waals surface area contributed by atoms with Crippen LogP contribution < -0.4 is 10.5 Å². The van der Waals surface area contributed by atoms with Gasteiger partial charge < -0.3 is 15.0 Å². The van der Waals surface area contributed by atoms with Crippen LogP contribution in [0.15, 0.2) is 24.4 Å². The van der Waals surface area contributed by atoms with Gasteiger partial charge in [0.2, 0.25) is 5.95 Å². The molecule has 21 heavy (non-hydrogen) atoms. The number of fused-ring (bicyclic) bond motifs is 1. The highest BCUT2D eigenvalue weighted by molar-refractivity contribution is 7.11. The van der Waals surface area contributed by atoms with E-state index < -0.39 is 0 Å². The molecule has 110 valence electrons. The number of thiazole rings is 1. The summed E-state index contributed by atoms with van der Waals surface area (Å²) in [5.74, 6) is 1.25. The van der Waals surface area contributed by atoms with Crippen molar-refractivity contribution >= 4 is 28.3 Å². The number of aromatic nitrogens is 3. The van der Waals surface area contributed by atoms with E-state index in [9.17, 15) is 0 Å². The van der Waals surface area contributed by atoms with Crippen molar-refractivity contribution in [2.75, 3.05) is 5.73 Å². The first-order valence-electron chi connectivity index (χ1n) is 6.87. The van der Waals surface area contributed by atoms with Crippen molar-refractivity contribution in [1.29, 1.82) is 0 Å². The molecule has 0 aliphatic heterocycles. The highest BCUT2D eigenvalue weighted by Gasteiger charge is 2.14. The molecule has 6 heteroatoms. The highest BCUT2D eigenvalue weighted by Crippen LogP contribution is 2.28. The molecule has 0 aliphatic carbocycles. The smallest absolute Gasteiger partial charge is 0.201 e. The average molecular weight is 302 g/mol. The third kappa shape index (κ3) is 2.71. The van der Waals surface area contributed by atoms with Crippen LogP contribution >= 0.6 is 11.3 Å². The molecule has 5 nitrogen and oxygen atoms in total. The van der Waals surface area contributed by atoms with E-state index in [4.69, 9.17) is 10.5 Å². The van der Waals surface area contributed by atoms with Gasteiger partial charge in [-0.05, 0) is 32.9 Å². The number of nitrogens with zero attached hydrogens (tertiary/aromatic N) is 3. The van der Waals surface area contributed by atoms with Crippen LogP contribution in [0.4, 0.5) is 5.95 Å². The zero-order chi connectivity index (χ0) is 15.0. The predicted molar refractivity (Wildman–Crippen MR) is 85.9 cm³/mol. The van der Waals surface area contributed by atoms with Crippen LogP contribution in [-0.2, 0) is 6.54 Å². The summed E-state index contributed by atoms with van der Waals surface area (Å²) in [7, 11) is 0. The van der Waals surface area contributed by atoms with E-state index in [1.165, 1.54) is 4.88 Å². The molecule has 0 fully saturated rings. The topological polar surface area (TPSA) is 66.0 Å². The molecule has 1 aromatic carbocycles. The van der Waals surface area contributed by atoms with E-state index in [0.717, 1.165) is 21.8 Å². The first-order chi connectivity index (χ1) is 10.0. The Morgan fingerprint density at radius 1 is 1.38 bits per heavy atom. The summed E-state index contributed by atoms with van der Waals surface area (Å²) < 4.78 is 7.78. The largest absolute Gasteiger partial charge is 0.489 e. The number of nitrogen functional groups attached to an aromatic ring is 1. The minimum absolute atomic E-state index is 0.101. The van der Waals surface area contributed by atoms with Crippen LogP contribution in [0.1, 0.15) is 23.7 Å². The Bertz CT molecular complexity index is 775. The monoisotopic (exact) mass is 302 g/mol. The summed E-state index contributed by atoms with van der Waals surface area (Å²) >= 11 is 1.67. The first-order valence-corrected chi connectivity index (χ1v) is 7.69. The molecule has 0 bridgehead atoms. The molecule has 0 unspecified atom stereocenters. The molecule has 0 amide bonds. The summed E-state index contributed by atoms with van der Waals surface area (Å²) in [6, 6.07) is 5.89. The number of aryl methyl sites for hydroxylation is 1. The molecular formula is C15H18N4OS. The van der Waals surface area contributed by atoms with Crippen LogP contribution in [-0.4, -0.2) is 20.6 Å². The van der Waals surface area contributed by atoms with Crippen LogP contribution in [0.5, 0.6) is 5.75 Å². The Hall–Kier alpha value is -2.08. The number of benzene rings is 1. The Balaban J connectivity index is 2.05. The predicted octanol–water partition coefficient (Wildman–Crippen LogP) is 3.22. The van der Waals surface area contributed by atoms with Gasteiger partial charge in [-0.1, -0.05) is 6.07 Å². The van der Waals surface area contributed by atoms with Crippen molar-refractivity contribution in [3.8, 4) is 5.75 Å². The van der Waals surface area contributed by atoms with E-state index >= 15 is 0 Å². The third-order valence-electron chi connectivity index (χ3n) is 3.10. The molecule has 0 radical (unpaired) electrons. The van der Waals surface area contributed by atoms with Crippen LogP contribution in [0.2, 0.25) is 0 Å². The molecule has 0 atom stereocenters. The lowest BCUT2D eigenvalue weighted by molar-refractivity contribution is 0.245. The standard InChI is InChI=1S/C15H18N4OS/c1-9(2)20-12-6-4-5-11-14(12)18-15(16)19(11)8-13-17-7-10(3)21-13/h4-7,9H,8H2,1-3H3,(H2,16,18). The maximum atomic E-state index is 6.08. The Morgan fingerprint density at radius 3 is 2.86 bits per heavy atom.